The van der Waals surface area contributed by atoms with Gasteiger partial charge in [0, 0.05) is 25.7 Å². The molecule has 3 atom stereocenters. The van der Waals surface area contributed by atoms with Crippen molar-refractivity contribution in [1.29, 1.82) is 0 Å². The number of piperidine rings is 1. The Balaban J connectivity index is 1.36. The molecule has 1 amide bonds. The van der Waals surface area contributed by atoms with Crippen molar-refractivity contribution in [2.24, 2.45) is 23.7 Å². The Bertz CT molecular complexity index is 798. The third-order valence-corrected chi connectivity index (χ3v) is 8.12. The summed E-state index contributed by atoms with van der Waals surface area (Å²) < 4.78 is 12.4. The summed E-state index contributed by atoms with van der Waals surface area (Å²) in [6.45, 7) is 15.7. The van der Waals surface area contributed by atoms with Gasteiger partial charge in [-0.1, -0.05) is 38.1 Å². The zero-order chi connectivity index (χ0) is 23.3. The lowest BCUT2D eigenvalue weighted by Crippen LogP contribution is -2.41. The van der Waals surface area contributed by atoms with E-state index in [4.69, 9.17) is 14.4 Å². The van der Waals surface area contributed by atoms with Gasteiger partial charge in [-0.2, -0.15) is 0 Å². The molecule has 32 heavy (non-hydrogen) atoms. The molecule has 2 saturated heterocycles. The third kappa shape index (κ3) is 4.85. The predicted octanol–water partition coefficient (Wildman–Crippen LogP) is 3.39. The van der Waals surface area contributed by atoms with Crippen LogP contribution >= 0.6 is 0 Å². The first-order valence-corrected chi connectivity index (χ1v) is 12.1. The smallest absolute Gasteiger partial charge is 0.465 e. The van der Waals surface area contributed by atoms with Gasteiger partial charge >= 0.3 is 13.2 Å². The van der Waals surface area contributed by atoms with Crippen LogP contribution in [0.4, 0.5) is 4.79 Å². The van der Waals surface area contributed by atoms with Crippen molar-refractivity contribution in [3.05, 3.63) is 29.8 Å². The number of hydrogen-bond acceptors (Lipinski definition) is 4. The van der Waals surface area contributed by atoms with E-state index in [0.717, 1.165) is 25.0 Å². The van der Waals surface area contributed by atoms with E-state index in [1.807, 2.05) is 0 Å². The normalized spacial score (nSPS) is 29.2. The maximum atomic E-state index is 10.8. The predicted molar refractivity (Wildman–Crippen MR) is 127 cm³/mol. The highest BCUT2D eigenvalue weighted by molar-refractivity contribution is 6.62. The lowest BCUT2D eigenvalue weighted by Gasteiger charge is -2.32. The van der Waals surface area contributed by atoms with Crippen LogP contribution in [-0.4, -0.2) is 60.1 Å². The van der Waals surface area contributed by atoms with Gasteiger partial charge in [0.1, 0.15) is 0 Å². The molecule has 1 aromatic rings. The second-order valence-electron chi connectivity index (χ2n) is 11.4. The van der Waals surface area contributed by atoms with Crippen LogP contribution in [0.15, 0.2) is 24.3 Å². The topological polar surface area (TPSA) is 71.0 Å². The van der Waals surface area contributed by atoms with Gasteiger partial charge in [0.05, 0.1) is 11.2 Å². The number of hydrogen-bond donors (Lipinski definition) is 2. The molecule has 6 nitrogen and oxygen atoms in total. The van der Waals surface area contributed by atoms with Crippen molar-refractivity contribution in [1.82, 2.24) is 10.2 Å². The van der Waals surface area contributed by atoms with E-state index < -0.39 is 6.09 Å². The van der Waals surface area contributed by atoms with E-state index in [1.54, 1.807) is 0 Å². The number of rotatable bonds is 8. The van der Waals surface area contributed by atoms with E-state index in [1.165, 1.54) is 12.0 Å². The number of likely N-dealkylation sites (tertiary alicyclic amines) is 1. The molecule has 176 valence electrons. The zero-order valence-corrected chi connectivity index (χ0v) is 20.4. The molecule has 3 fully saturated rings. The molecule has 2 N–H and O–H groups in total. The summed E-state index contributed by atoms with van der Waals surface area (Å²) >= 11 is 0. The minimum Gasteiger partial charge on any atom is -0.465 e. The maximum Gasteiger partial charge on any atom is 0.494 e. The van der Waals surface area contributed by atoms with Crippen LogP contribution in [0.5, 0.6) is 0 Å². The minimum atomic E-state index is -0.909. The Morgan fingerprint density at radius 3 is 2.19 bits per heavy atom. The number of nitrogens with zero attached hydrogens (tertiary/aromatic N) is 1. The maximum absolute atomic E-state index is 10.8. The molecule has 3 unspecified atom stereocenters. The summed E-state index contributed by atoms with van der Waals surface area (Å²) in [5.74, 6) is 2.48. The molecule has 1 aliphatic carbocycles. The van der Waals surface area contributed by atoms with Crippen molar-refractivity contribution in [3.8, 4) is 0 Å². The van der Waals surface area contributed by atoms with E-state index in [9.17, 15) is 4.79 Å². The quantitative estimate of drug-likeness (QED) is 0.604. The van der Waals surface area contributed by atoms with Gasteiger partial charge in [0.25, 0.3) is 0 Å². The average molecular weight is 442 g/mol. The van der Waals surface area contributed by atoms with Crippen LogP contribution in [0.2, 0.25) is 0 Å². The van der Waals surface area contributed by atoms with Gasteiger partial charge in [0.2, 0.25) is 0 Å². The number of fused-ring (bicyclic) bond motifs is 1. The standard InChI is InChI=1S/C25H39BN2O4/c1-16(2)11-19(28-14-21-20(22(21)15-28)13-27-23(29)30)12-17-7-9-18(10-8-17)26-31-24(3,4)25(5,6)32-26/h7-10,16,19-22,27H,11-15H2,1-6H3,(H,29,30). The van der Waals surface area contributed by atoms with Gasteiger partial charge in [0.15, 0.2) is 0 Å². The van der Waals surface area contributed by atoms with E-state index in [2.05, 4.69) is 76.0 Å². The van der Waals surface area contributed by atoms with Crippen LogP contribution in [0.25, 0.3) is 0 Å². The van der Waals surface area contributed by atoms with Crippen LogP contribution in [0, 0.1) is 23.7 Å². The summed E-state index contributed by atoms with van der Waals surface area (Å²) in [6.07, 6.45) is 1.31. The molecule has 0 aromatic heterocycles. The molecule has 1 aromatic carbocycles. The number of benzene rings is 1. The summed E-state index contributed by atoms with van der Waals surface area (Å²) in [6, 6.07) is 9.28. The van der Waals surface area contributed by atoms with E-state index in [0.29, 0.717) is 36.3 Å². The first kappa shape index (κ1) is 23.6. The molecular weight excluding hydrogens is 403 g/mol. The number of carboxylic acid groups (broad SMARTS) is 1. The Morgan fingerprint density at radius 1 is 1.12 bits per heavy atom. The monoisotopic (exact) mass is 442 g/mol. The second-order valence-corrected chi connectivity index (χ2v) is 11.4. The first-order chi connectivity index (χ1) is 15.0. The Hall–Kier alpha value is -1.57. The van der Waals surface area contributed by atoms with Crippen LogP contribution in [0.1, 0.15) is 53.5 Å². The molecule has 2 aliphatic heterocycles. The highest BCUT2D eigenvalue weighted by atomic mass is 16.7. The highest BCUT2D eigenvalue weighted by Crippen LogP contribution is 2.52. The van der Waals surface area contributed by atoms with Crippen LogP contribution in [-0.2, 0) is 15.7 Å². The Labute approximate surface area is 193 Å². The number of amides is 1. The molecule has 0 bridgehead atoms. The highest BCUT2D eigenvalue weighted by Gasteiger charge is 2.56. The van der Waals surface area contributed by atoms with Gasteiger partial charge in [-0.3, -0.25) is 4.90 Å². The summed E-state index contributed by atoms with van der Waals surface area (Å²) in [4.78, 5) is 13.4. The molecule has 1 saturated carbocycles. The van der Waals surface area contributed by atoms with Gasteiger partial charge in [-0.25, -0.2) is 4.79 Å². The van der Waals surface area contributed by atoms with E-state index >= 15 is 0 Å². The summed E-state index contributed by atoms with van der Waals surface area (Å²) in [5.41, 5.74) is 1.77. The number of nitrogens with one attached hydrogen (secondary N) is 1. The number of carbonyl (C=O) groups is 1. The molecule has 7 heteroatoms. The fourth-order valence-corrected chi connectivity index (χ4v) is 5.46. The SMILES string of the molecule is CC(C)CC(Cc1ccc(B2OC(C)(C)C(C)(C)O2)cc1)N1CC2C(CNC(=O)O)C2C1. The van der Waals surface area contributed by atoms with Gasteiger partial charge < -0.3 is 19.7 Å². The lowest BCUT2D eigenvalue weighted by molar-refractivity contribution is 0.00578. The lowest BCUT2D eigenvalue weighted by atomic mass is 9.78. The molecule has 3 aliphatic rings. The molecule has 0 spiro atoms. The molecule has 0 radical (unpaired) electrons. The third-order valence-electron chi connectivity index (χ3n) is 8.12. The first-order valence-electron chi connectivity index (χ1n) is 12.1. The molecule has 2 heterocycles. The van der Waals surface area contributed by atoms with Crippen LogP contribution in [0.3, 0.4) is 0 Å². The van der Waals surface area contributed by atoms with Crippen molar-refractivity contribution < 1.29 is 19.2 Å². The second kappa shape index (κ2) is 8.66. The fourth-order valence-electron chi connectivity index (χ4n) is 5.46. The van der Waals surface area contributed by atoms with Crippen molar-refractivity contribution in [3.63, 3.8) is 0 Å². The molecular formula is C25H39BN2O4. The molecule has 4 rings (SSSR count). The summed E-state index contributed by atoms with van der Waals surface area (Å²) in [5, 5.41) is 11.4. The Morgan fingerprint density at radius 2 is 1.69 bits per heavy atom. The van der Waals surface area contributed by atoms with Crippen LogP contribution < -0.4 is 10.8 Å². The summed E-state index contributed by atoms with van der Waals surface area (Å²) in [7, 11) is -0.317. The van der Waals surface area contributed by atoms with E-state index in [-0.39, 0.29) is 18.3 Å². The fraction of sp³-hybridized carbons (Fsp3) is 0.720. The zero-order valence-electron chi connectivity index (χ0n) is 20.4. The van der Waals surface area contributed by atoms with Gasteiger partial charge in [-0.05, 0) is 75.2 Å². The Kier molecular flexibility index (Phi) is 6.38. The average Bonchev–Trinajstić information content (AvgIpc) is 3.02. The van der Waals surface area contributed by atoms with Gasteiger partial charge in [-0.15, -0.1) is 0 Å². The van der Waals surface area contributed by atoms with Crippen molar-refractivity contribution in [2.75, 3.05) is 19.6 Å². The largest absolute Gasteiger partial charge is 0.494 e. The minimum absolute atomic E-state index is 0.317. The van der Waals surface area contributed by atoms with Crippen molar-refractivity contribution >= 4 is 18.7 Å². The van der Waals surface area contributed by atoms with Crippen molar-refractivity contribution in [2.45, 2.75) is 71.6 Å².